The Morgan fingerprint density at radius 2 is 2.11 bits per heavy atom. The van der Waals surface area contributed by atoms with Crippen LogP contribution in [0.3, 0.4) is 0 Å². The maximum atomic E-state index is 14.1. The number of halogens is 1. The Kier molecular flexibility index (Phi) is 3.72. The maximum absolute atomic E-state index is 14.1. The third-order valence-corrected chi connectivity index (χ3v) is 2.88. The molecule has 2 aromatic heterocycles. The van der Waals surface area contributed by atoms with Crippen LogP contribution in [-0.4, -0.2) is 19.9 Å². The van der Waals surface area contributed by atoms with Crippen molar-refractivity contribution < 1.29 is 9.50 Å². The lowest BCUT2D eigenvalue weighted by molar-refractivity contribution is 0.275. The van der Waals surface area contributed by atoms with E-state index in [0.717, 1.165) is 24.2 Å². The van der Waals surface area contributed by atoms with Gasteiger partial charge in [0.2, 0.25) is 0 Å². The topological polar surface area (TPSA) is 50.9 Å². The summed E-state index contributed by atoms with van der Waals surface area (Å²) in [6.45, 7) is 3.64. The van der Waals surface area contributed by atoms with E-state index in [4.69, 9.17) is 5.11 Å². The number of aryl methyl sites for hydroxylation is 2. The van der Waals surface area contributed by atoms with Crippen molar-refractivity contribution in [3.8, 4) is 5.82 Å². The van der Waals surface area contributed by atoms with Crippen molar-refractivity contribution in [2.45, 2.75) is 33.3 Å². The van der Waals surface area contributed by atoms with Crippen LogP contribution in [0.4, 0.5) is 4.39 Å². The molecule has 0 aliphatic rings. The summed E-state index contributed by atoms with van der Waals surface area (Å²) in [6.07, 6.45) is 3.02. The molecule has 96 valence electrons. The van der Waals surface area contributed by atoms with Crippen LogP contribution in [-0.2, 0) is 19.4 Å². The first-order valence-electron chi connectivity index (χ1n) is 6.03. The fourth-order valence-electron chi connectivity index (χ4n) is 1.82. The molecule has 5 heteroatoms. The molecule has 2 aromatic rings. The summed E-state index contributed by atoms with van der Waals surface area (Å²) in [5, 5.41) is 13.4. The molecule has 0 bridgehead atoms. The molecular formula is C13H16FN3O. The molecule has 0 saturated heterocycles. The normalized spacial score (nSPS) is 10.9. The van der Waals surface area contributed by atoms with Gasteiger partial charge in [0.1, 0.15) is 0 Å². The molecule has 4 nitrogen and oxygen atoms in total. The van der Waals surface area contributed by atoms with Gasteiger partial charge in [-0.1, -0.05) is 13.8 Å². The second kappa shape index (κ2) is 5.27. The van der Waals surface area contributed by atoms with Crippen LogP contribution in [0.5, 0.6) is 0 Å². The molecule has 0 saturated carbocycles. The number of pyridine rings is 1. The number of aromatic nitrogens is 3. The van der Waals surface area contributed by atoms with E-state index in [1.54, 1.807) is 0 Å². The van der Waals surface area contributed by atoms with Gasteiger partial charge in [-0.15, -0.1) is 0 Å². The Morgan fingerprint density at radius 1 is 1.33 bits per heavy atom. The highest BCUT2D eigenvalue weighted by Crippen LogP contribution is 2.17. The van der Waals surface area contributed by atoms with Gasteiger partial charge in [0, 0.05) is 17.5 Å². The molecule has 18 heavy (non-hydrogen) atoms. The number of rotatable bonds is 4. The van der Waals surface area contributed by atoms with Crippen LogP contribution in [0.25, 0.3) is 5.82 Å². The third-order valence-electron chi connectivity index (χ3n) is 2.88. The molecule has 0 aliphatic carbocycles. The van der Waals surface area contributed by atoms with Crippen molar-refractivity contribution in [3.63, 3.8) is 0 Å². The number of aliphatic hydroxyl groups excluding tert-OH is 1. The minimum absolute atomic E-state index is 0.151. The standard InChI is InChI=1S/C13H16FN3O/c1-3-10-7-11(4-2)17(16-10)13-12(14)9(8-18)5-6-15-13/h5-7,18H,3-4,8H2,1-2H3. The van der Waals surface area contributed by atoms with Gasteiger partial charge < -0.3 is 5.11 Å². The van der Waals surface area contributed by atoms with Crippen molar-refractivity contribution in [2.75, 3.05) is 0 Å². The first kappa shape index (κ1) is 12.7. The van der Waals surface area contributed by atoms with Crippen molar-refractivity contribution in [3.05, 3.63) is 41.1 Å². The highest BCUT2D eigenvalue weighted by Gasteiger charge is 2.15. The molecule has 0 fully saturated rings. The second-order valence-electron chi connectivity index (χ2n) is 4.01. The smallest absolute Gasteiger partial charge is 0.190 e. The van der Waals surface area contributed by atoms with Crippen LogP contribution >= 0.6 is 0 Å². The molecule has 0 amide bonds. The van der Waals surface area contributed by atoms with E-state index >= 15 is 0 Å². The van der Waals surface area contributed by atoms with Crippen LogP contribution < -0.4 is 0 Å². The lowest BCUT2D eigenvalue weighted by atomic mass is 10.2. The molecule has 1 N–H and O–H groups in total. The van der Waals surface area contributed by atoms with E-state index in [1.807, 2.05) is 19.9 Å². The van der Waals surface area contributed by atoms with E-state index in [2.05, 4.69) is 10.1 Å². The van der Waals surface area contributed by atoms with Gasteiger partial charge in [-0.25, -0.2) is 14.1 Å². The number of nitrogens with zero attached hydrogens (tertiary/aromatic N) is 3. The largest absolute Gasteiger partial charge is 0.392 e. The molecule has 0 spiro atoms. The van der Waals surface area contributed by atoms with E-state index in [-0.39, 0.29) is 18.0 Å². The Hall–Kier alpha value is -1.75. The minimum atomic E-state index is -0.513. The Labute approximate surface area is 105 Å². The molecule has 0 atom stereocenters. The zero-order valence-corrected chi connectivity index (χ0v) is 10.5. The van der Waals surface area contributed by atoms with E-state index in [9.17, 15) is 4.39 Å². The lowest BCUT2D eigenvalue weighted by Gasteiger charge is -2.08. The first-order chi connectivity index (χ1) is 8.71. The average molecular weight is 249 g/mol. The minimum Gasteiger partial charge on any atom is -0.392 e. The van der Waals surface area contributed by atoms with Crippen LogP contribution in [0.1, 0.15) is 30.8 Å². The number of hydrogen-bond donors (Lipinski definition) is 1. The fourth-order valence-corrected chi connectivity index (χ4v) is 1.82. The van der Waals surface area contributed by atoms with Crippen LogP contribution in [0.2, 0.25) is 0 Å². The van der Waals surface area contributed by atoms with E-state index in [1.165, 1.54) is 16.9 Å². The van der Waals surface area contributed by atoms with E-state index in [0.29, 0.717) is 0 Å². The number of hydrogen-bond acceptors (Lipinski definition) is 3. The van der Waals surface area contributed by atoms with Gasteiger partial charge in [-0.05, 0) is 25.0 Å². The second-order valence-corrected chi connectivity index (χ2v) is 4.01. The van der Waals surface area contributed by atoms with Gasteiger partial charge >= 0.3 is 0 Å². The van der Waals surface area contributed by atoms with Gasteiger partial charge in [0.15, 0.2) is 11.6 Å². The quantitative estimate of drug-likeness (QED) is 0.902. The Bertz CT molecular complexity index is 551. The fraction of sp³-hybridized carbons (Fsp3) is 0.385. The average Bonchev–Trinajstić information content (AvgIpc) is 2.82. The third kappa shape index (κ3) is 2.13. The highest BCUT2D eigenvalue weighted by atomic mass is 19.1. The molecule has 0 aromatic carbocycles. The first-order valence-corrected chi connectivity index (χ1v) is 6.03. The maximum Gasteiger partial charge on any atom is 0.190 e. The summed E-state index contributed by atoms with van der Waals surface area (Å²) in [5.41, 5.74) is 2.05. The summed E-state index contributed by atoms with van der Waals surface area (Å²) >= 11 is 0. The van der Waals surface area contributed by atoms with E-state index < -0.39 is 5.82 Å². The number of aliphatic hydroxyl groups is 1. The van der Waals surface area contributed by atoms with Crippen molar-refractivity contribution in [1.29, 1.82) is 0 Å². The van der Waals surface area contributed by atoms with Crippen molar-refractivity contribution in [2.24, 2.45) is 0 Å². The predicted molar refractivity (Wildman–Crippen MR) is 66.0 cm³/mol. The molecule has 2 heterocycles. The summed E-state index contributed by atoms with van der Waals surface area (Å²) in [5.74, 6) is -0.362. The summed E-state index contributed by atoms with van der Waals surface area (Å²) in [7, 11) is 0. The molecule has 0 unspecified atom stereocenters. The highest BCUT2D eigenvalue weighted by molar-refractivity contribution is 5.32. The lowest BCUT2D eigenvalue weighted by Crippen LogP contribution is -2.08. The summed E-state index contributed by atoms with van der Waals surface area (Å²) in [6, 6.07) is 3.42. The Morgan fingerprint density at radius 3 is 2.72 bits per heavy atom. The molecule has 2 rings (SSSR count). The summed E-state index contributed by atoms with van der Waals surface area (Å²) < 4.78 is 15.6. The van der Waals surface area contributed by atoms with Gasteiger partial charge in [-0.2, -0.15) is 5.10 Å². The predicted octanol–water partition coefficient (Wildman–Crippen LogP) is 2.02. The SMILES string of the molecule is CCc1cc(CC)n(-c2nccc(CO)c2F)n1. The van der Waals surface area contributed by atoms with Crippen molar-refractivity contribution in [1.82, 2.24) is 14.8 Å². The van der Waals surface area contributed by atoms with Crippen LogP contribution in [0.15, 0.2) is 18.3 Å². The zero-order valence-electron chi connectivity index (χ0n) is 10.5. The Balaban J connectivity index is 2.57. The van der Waals surface area contributed by atoms with Crippen molar-refractivity contribution >= 4 is 0 Å². The monoisotopic (exact) mass is 249 g/mol. The van der Waals surface area contributed by atoms with Gasteiger partial charge in [-0.3, -0.25) is 0 Å². The van der Waals surface area contributed by atoms with Gasteiger partial charge in [0.05, 0.1) is 12.3 Å². The van der Waals surface area contributed by atoms with Crippen LogP contribution in [0, 0.1) is 5.82 Å². The van der Waals surface area contributed by atoms with Gasteiger partial charge in [0.25, 0.3) is 0 Å². The zero-order chi connectivity index (χ0) is 13.1. The molecule has 0 aliphatic heterocycles. The molecule has 0 radical (unpaired) electrons. The molecular weight excluding hydrogens is 233 g/mol. The summed E-state index contributed by atoms with van der Waals surface area (Å²) in [4.78, 5) is 4.03.